The number of benzene rings is 7. The summed E-state index contributed by atoms with van der Waals surface area (Å²) in [5.74, 6) is 3.29. The standard InChI is InChI=1S/C52H40N2S/c1-5-16-46-40(12-1)41-22-20-38(30-47(41)52(46)34-25-32-24-33(27-34)28-35(52)26-32)53(39-21-23-45-44-15-4-8-19-50(44)55-51(45)31-39)36-10-9-11-37(29-36)54-48-17-6-2-13-42(48)43-14-3-7-18-49(43)54/h1-23,29-35H,24-28H2. The number of para-hydroxylation sites is 2. The van der Waals surface area contributed by atoms with Crippen molar-refractivity contribution < 1.29 is 0 Å². The van der Waals surface area contributed by atoms with Crippen LogP contribution in [0.25, 0.3) is 58.8 Å². The average Bonchev–Trinajstić information content (AvgIpc) is 3.86. The molecule has 4 saturated carbocycles. The van der Waals surface area contributed by atoms with Gasteiger partial charge in [0.2, 0.25) is 0 Å². The first-order chi connectivity index (χ1) is 27.2. The van der Waals surface area contributed by atoms with Gasteiger partial charge in [0.25, 0.3) is 0 Å². The minimum absolute atomic E-state index is 0.112. The van der Waals surface area contributed by atoms with Gasteiger partial charge in [0.1, 0.15) is 0 Å². The van der Waals surface area contributed by atoms with Crippen LogP contribution in [-0.4, -0.2) is 4.57 Å². The molecule has 7 aromatic carbocycles. The van der Waals surface area contributed by atoms with E-state index in [-0.39, 0.29) is 5.41 Å². The van der Waals surface area contributed by atoms with Gasteiger partial charge in [0.15, 0.2) is 0 Å². The van der Waals surface area contributed by atoms with E-state index < -0.39 is 0 Å². The Kier molecular flexibility index (Phi) is 6.25. The molecule has 0 unspecified atom stereocenters. The van der Waals surface area contributed by atoms with Crippen LogP contribution in [-0.2, 0) is 5.41 Å². The van der Waals surface area contributed by atoms with Crippen LogP contribution in [0.3, 0.4) is 0 Å². The average molecular weight is 725 g/mol. The number of hydrogen-bond donors (Lipinski definition) is 0. The molecule has 1 spiro atoms. The SMILES string of the molecule is c1cc(N(c2ccc3c(c2)C2(c4ccccc4-3)C3CC4CC(C3)CC2C4)c2ccc3c(c2)sc2ccccc23)cc(-n2c3ccccc3c3ccccc32)c1. The molecule has 2 nitrogen and oxygen atoms in total. The van der Waals surface area contributed by atoms with Crippen molar-refractivity contribution in [3.8, 4) is 16.8 Å². The monoisotopic (exact) mass is 724 g/mol. The largest absolute Gasteiger partial charge is 0.310 e. The van der Waals surface area contributed by atoms with Gasteiger partial charge in [-0.25, -0.2) is 0 Å². The van der Waals surface area contributed by atoms with Gasteiger partial charge >= 0.3 is 0 Å². The van der Waals surface area contributed by atoms with Gasteiger partial charge in [-0.05, 0) is 139 Å². The maximum Gasteiger partial charge on any atom is 0.0541 e. The van der Waals surface area contributed by atoms with Crippen molar-refractivity contribution >= 4 is 70.4 Å². The Bertz CT molecular complexity index is 2950. The van der Waals surface area contributed by atoms with Crippen LogP contribution in [0.1, 0.15) is 43.2 Å². The van der Waals surface area contributed by atoms with Crippen molar-refractivity contribution in [2.75, 3.05) is 4.90 Å². The molecule has 0 radical (unpaired) electrons. The Labute approximate surface area is 325 Å². The summed E-state index contributed by atoms with van der Waals surface area (Å²) in [6, 6.07) is 59.9. The van der Waals surface area contributed by atoms with E-state index in [0.29, 0.717) is 0 Å². The summed E-state index contributed by atoms with van der Waals surface area (Å²) >= 11 is 1.90. The first-order valence-corrected chi connectivity index (χ1v) is 21.1. The van der Waals surface area contributed by atoms with Gasteiger partial charge in [-0.15, -0.1) is 11.3 Å². The molecule has 4 bridgehead atoms. The molecule has 9 aromatic rings. The summed E-state index contributed by atoms with van der Waals surface area (Å²) in [5, 5.41) is 5.25. The number of rotatable bonds is 4. The molecular weight excluding hydrogens is 685 g/mol. The molecule has 0 aliphatic heterocycles. The highest BCUT2D eigenvalue weighted by atomic mass is 32.1. The van der Waals surface area contributed by atoms with Crippen molar-refractivity contribution in [1.82, 2.24) is 4.57 Å². The van der Waals surface area contributed by atoms with E-state index >= 15 is 0 Å². The van der Waals surface area contributed by atoms with Crippen LogP contribution in [0, 0.1) is 23.7 Å². The quantitative estimate of drug-likeness (QED) is 0.175. The van der Waals surface area contributed by atoms with Gasteiger partial charge in [-0.1, -0.05) is 97.1 Å². The van der Waals surface area contributed by atoms with Crippen LogP contribution in [0.4, 0.5) is 17.1 Å². The fourth-order valence-corrected chi connectivity index (χ4v) is 13.7. The van der Waals surface area contributed by atoms with Crippen molar-refractivity contribution in [1.29, 1.82) is 0 Å². The second-order valence-corrected chi connectivity index (χ2v) is 18.0. The molecule has 0 atom stereocenters. The molecule has 264 valence electrons. The normalized spacial score (nSPS) is 23.3. The molecule has 55 heavy (non-hydrogen) atoms. The molecule has 5 aliphatic rings. The molecule has 0 N–H and O–H groups in total. The first-order valence-electron chi connectivity index (χ1n) is 20.3. The molecule has 2 heterocycles. The van der Waals surface area contributed by atoms with E-state index in [2.05, 4.69) is 167 Å². The first kappa shape index (κ1) is 30.7. The predicted octanol–water partition coefficient (Wildman–Crippen LogP) is 14.3. The lowest BCUT2D eigenvalue weighted by Gasteiger charge is -2.61. The summed E-state index contributed by atoms with van der Waals surface area (Å²) in [4.78, 5) is 2.55. The maximum atomic E-state index is 2.64. The summed E-state index contributed by atoms with van der Waals surface area (Å²) in [7, 11) is 0. The molecule has 4 fully saturated rings. The maximum absolute atomic E-state index is 2.64. The Morgan fingerprint density at radius 2 is 1.05 bits per heavy atom. The van der Waals surface area contributed by atoms with Crippen LogP contribution >= 0.6 is 11.3 Å². The van der Waals surface area contributed by atoms with E-state index in [4.69, 9.17) is 0 Å². The van der Waals surface area contributed by atoms with Gasteiger partial charge < -0.3 is 9.47 Å². The Morgan fingerprint density at radius 3 is 1.84 bits per heavy atom. The molecule has 0 saturated heterocycles. The van der Waals surface area contributed by atoms with E-state index in [1.807, 2.05) is 11.3 Å². The molecule has 14 rings (SSSR count). The Hall–Kier alpha value is -5.64. The van der Waals surface area contributed by atoms with Crippen LogP contribution in [0.15, 0.2) is 158 Å². The molecule has 0 amide bonds. The summed E-state index contributed by atoms with van der Waals surface area (Å²) < 4.78 is 5.12. The second kappa shape index (κ2) is 11.2. The van der Waals surface area contributed by atoms with Gasteiger partial charge in [-0.2, -0.15) is 0 Å². The topological polar surface area (TPSA) is 8.17 Å². The van der Waals surface area contributed by atoms with Gasteiger partial charge in [0.05, 0.1) is 11.0 Å². The van der Waals surface area contributed by atoms with E-state index in [1.54, 1.807) is 11.1 Å². The number of aromatic nitrogens is 1. The third kappa shape index (κ3) is 4.14. The Balaban J connectivity index is 1.04. The van der Waals surface area contributed by atoms with Crippen molar-refractivity contribution in [2.45, 2.75) is 37.5 Å². The zero-order valence-electron chi connectivity index (χ0n) is 30.7. The lowest BCUT2D eigenvalue weighted by Crippen LogP contribution is -2.55. The summed E-state index contributed by atoms with van der Waals surface area (Å²) in [5.41, 5.74) is 13.5. The zero-order valence-corrected chi connectivity index (χ0v) is 31.5. The number of thiophene rings is 1. The van der Waals surface area contributed by atoms with Gasteiger partial charge in [-0.3, -0.25) is 0 Å². The highest BCUT2D eigenvalue weighted by Crippen LogP contribution is 2.69. The molecule has 3 heteroatoms. The zero-order chi connectivity index (χ0) is 35.8. The van der Waals surface area contributed by atoms with Gasteiger partial charge in [0, 0.05) is 59.1 Å². The van der Waals surface area contributed by atoms with Crippen molar-refractivity contribution in [2.24, 2.45) is 23.7 Å². The van der Waals surface area contributed by atoms with E-state index in [1.165, 1.54) is 108 Å². The molecular formula is C52H40N2S. The van der Waals surface area contributed by atoms with Crippen molar-refractivity contribution in [3.63, 3.8) is 0 Å². The predicted molar refractivity (Wildman–Crippen MR) is 232 cm³/mol. The fourth-order valence-electron chi connectivity index (χ4n) is 12.6. The summed E-state index contributed by atoms with van der Waals surface area (Å²) in [6.45, 7) is 0. The fraction of sp³-hybridized carbons (Fsp3) is 0.192. The van der Waals surface area contributed by atoms with Crippen LogP contribution in [0.2, 0.25) is 0 Å². The van der Waals surface area contributed by atoms with E-state index in [9.17, 15) is 0 Å². The number of anilines is 3. The summed E-state index contributed by atoms with van der Waals surface area (Å²) in [6.07, 6.45) is 7.01. The lowest BCUT2D eigenvalue weighted by atomic mass is 9.43. The number of fused-ring (bicyclic) bond motifs is 9. The third-order valence-corrected chi connectivity index (χ3v) is 15.5. The van der Waals surface area contributed by atoms with Crippen molar-refractivity contribution in [3.05, 3.63) is 169 Å². The van der Waals surface area contributed by atoms with Crippen LogP contribution < -0.4 is 4.90 Å². The third-order valence-electron chi connectivity index (χ3n) is 14.3. The minimum atomic E-state index is 0.112. The molecule has 5 aliphatic carbocycles. The highest BCUT2D eigenvalue weighted by molar-refractivity contribution is 7.25. The number of hydrogen-bond acceptors (Lipinski definition) is 2. The smallest absolute Gasteiger partial charge is 0.0541 e. The second-order valence-electron chi connectivity index (χ2n) is 17.0. The molecule has 2 aromatic heterocycles. The lowest BCUT2D eigenvalue weighted by molar-refractivity contribution is -0.0399. The highest BCUT2D eigenvalue weighted by Gasteiger charge is 2.61. The Morgan fingerprint density at radius 1 is 0.455 bits per heavy atom. The number of nitrogens with zero attached hydrogens (tertiary/aromatic N) is 2. The minimum Gasteiger partial charge on any atom is -0.310 e. The van der Waals surface area contributed by atoms with Crippen LogP contribution in [0.5, 0.6) is 0 Å². The van der Waals surface area contributed by atoms with E-state index in [0.717, 1.165) is 23.7 Å².